The Morgan fingerprint density at radius 1 is 1.30 bits per heavy atom. The molecular weight excluding hydrogens is 286 g/mol. The Balaban J connectivity index is 2.70. The minimum absolute atomic E-state index is 0.0706. The van der Waals surface area contributed by atoms with Crippen molar-refractivity contribution in [3.63, 3.8) is 0 Å². The van der Waals surface area contributed by atoms with Crippen LogP contribution >= 0.6 is 0 Å². The molecule has 128 valence electrons. The van der Waals surface area contributed by atoms with Crippen molar-refractivity contribution in [1.82, 2.24) is 5.32 Å². The van der Waals surface area contributed by atoms with Crippen LogP contribution in [-0.4, -0.2) is 27.3 Å². The second-order valence-corrected chi connectivity index (χ2v) is 6.57. The van der Waals surface area contributed by atoms with Crippen molar-refractivity contribution in [2.45, 2.75) is 51.5 Å². The molecule has 0 fully saturated rings. The van der Waals surface area contributed by atoms with Crippen LogP contribution < -0.4 is 14.8 Å². The van der Waals surface area contributed by atoms with Gasteiger partial charge in [-0.15, -0.1) is 0 Å². The molecule has 1 unspecified atom stereocenters. The highest BCUT2D eigenvalue weighted by Gasteiger charge is 2.44. The zero-order valence-electron chi connectivity index (χ0n) is 15.4. The van der Waals surface area contributed by atoms with E-state index in [2.05, 4.69) is 44.3 Å². The maximum Gasteiger partial charge on any atom is 0.164 e. The van der Waals surface area contributed by atoms with Gasteiger partial charge in [-0.2, -0.15) is 0 Å². The summed E-state index contributed by atoms with van der Waals surface area (Å²) in [4.78, 5) is 0. The highest BCUT2D eigenvalue weighted by molar-refractivity contribution is 5.55. The molecule has 3 heteroatoms. The van der Waals surface area contributed by atoms with E-state index in [-0.39, 0.29) is 5.41 Å². The Kier molecular flexibility index (Phi) is 5.74. The molecule has 0 radical (unpaired) electrons. The SMILES string of the molecule is CCC1(c2c(C)ccc(OC)c2OC)CCC=C[C@H]1[C@@H](C)NC. The Hall–Kier alpha value is -1.48. The molecule has 0 spiro atoms. The molecule has 1 aromatic rings. The lowest BCUT2D eigenvalue weighted by Gasteiger charge is -2.46. The van der Waals surface area contributed by atoms with Crippen molar-refractivity contribution in [3.8, 4) is 11.5 Å². The van der Waals surface area contributed by atoms with E-state index in [1.807, 2.05) is 13.1 Å². The predicted molar refractivity (Wildman–Crippen MR) is 96.6 cm³/mol. The average molecular weight is 317 g/mol. The summed E-state index contributed by atoms with van der Waals surface area (Å²) in [5, 5.41) is 3.46. The number of hydrogen-bond acceptors (Lipinski definition) is 3. The van der Waals surface area contributed by atoms with Gasteiger partial charge in [0.25, 0.3) is 0 Å². The normalized spacial score (nSPS) is 25.2. The van der Waals surface area contributed by atoms with Gasteiger partial charge in [0, 0.05) is 22.9 Å². The maximum absolute atomic E-state index is 5.82. The van der Waals surface area contributed by atoms with Crippen molar-refractivity contribution in [3.05, 3.63) is 35.4 Å². The van der Waals surface area contributed by atoms with Gasteiger partial charge in [-0.3, -0.25) is 0 Å². The van der Waals surface area contributed by atoms with Crippen LogP contribution in [0, 0.1) is 12.8 Å². The largest absolute Gasteiger partial charge is 0.493 e. The molecular formula is C20H31NO2. The van der Waals surface area contributed by atoms with E-state index in [1.54, 1.807) is 14.2 Å². The molecule has 23 heavy (non-hydrogen) atoms. The van der Waals surface area contributed by atoms with Gasteiger partial charge < -0.3 is 14.8 Å². The van der Waals surface area contributed by atoms with Gasteiger partial charge in [0.2, 0.25) is 0 Å². The lowest BCUT2D eigenvalue weighted by Crippen LogP contribution is -2.46. The van der Waals surface area contributed by atoms with Crippen LogP contribution in [0.5, 0.6) is 11.5 Å². The zero-order chi connectivity index (χ0) is 17.0. The minimum atomic E-state index is 0.0706. The molecule has 0 saturated heterocycles. The maximum atomic E-state index is 5.82. The number of methoxy groups -OCH3 is 2. The first-order chi connectivity index (χ1) is 11.1. The summed E-state index contributed by atoms with van der Waals surface area (Å²) in [5.41, 5.74) is 2.67. The topological polar surface area (TPSA) is 30.5 Å². The molecule has 1 aromatic carbocycles. The summed E-state index contributed by atoms with van der Waals surface area (Å²) in [7, 11) is 5.51. The number of hydrogen-bond donors (Lipinski definition) is 1. The van der Waals surface area contributed by atoms with Crippen LogP contribution in [0.15, 0.2) is 24.3 Å². The predicted octanol–water partition coefficient (Wildman–Crippen LogP) is 4.23. The molecule has 1 aliphatic rings. The Morgan fingerprint density at radius 2 is 2.04 bits per heavy atom. The summed E-state index contributed by atoms with van der Waals surface area (Å²) in [5.74, 6) is 2.16. The van der Waals surface area contributed by atoms with Gasteiger partial charge in [-0.1, -0.05) is 25.1 Å². The van der Waals surface area contributed by atoms with Crippen molar-refractivity contribution in [1.29, 1.82) is 0 Å². The van der Waals surface area contributed by atoms with E-state index < -0.39 is 0 Å². The number of ether oxygens (including phenoxy) is 2. The molecule has 2 rings (SSSR count). The van der Waals surface area contributed by atoms with Crippen molar-refractivity contribution in [2.75, 3.05) is 21.3 Å². The molecule has 0 bridgehead atoms. The van der Waals surface area contributed by atoms with Gasteiger partial charge in [0.1, 0.15) is 0 Å². The fourth-order valence-electron chi connectivity index (χ4n) is 4.28. The third-order valence-electron chi connectivity index (χ3n) is 5.62. The van der Waals surface area contributed by atoms with Crippen molar-refractivity contribution < 1.29 is 9.47 Å². The van der Waals surface area contributed by atoms with E-state index in [0.717, 1.165) is 30.8 Å². The first kappa shape index (κ1) is 17.9. The third kappa shape index (κ3) is 2.99. The zero-order valence-corrected chi connectivity index (χ0v) is 15.4. The van der Waals surface area contributed by atoms with Crippen LogP contribution in [0.3, 0.4) is 0 Å². The average Bonchev–Trinajstić information content (AvgIpc) is 2.60. The molecule has 0 heterocycles. The van der Waals surface area contributed by atoms with Gasteiger partial charge in [0.15, 0.2) is 11.5 Å². The minimum Gasteiger partial charge on any atom is -0.493 e. The molecule has 1 aliphatic carbocycles. The summed E-state index contributed by atoms with van der Waals surface area (Å²) < 4.78 is 11.4. The molecule has 1 N–H and O–H groups in total. The summed E-state index contributed by atoms with van der Waals surface area (Å²) in [6.45, 7) is 6.76. The van der Waals surface area contributed by atoms with Crippen molar-refractivity contribution in [2.24, 2.45) is 5.92 Å². The van der Waals surface area contributed by atoms with E-state index in [1.165, 1.54) is 11.1 Å². The van der Waals surface area contributed by atoms with E-state index in [0.29, 0.717) is 12.0 Å². The van der Waals surface area contributed by atoms with Gasteiger partial charge in [-0.05, 0) is 51.8 Å². The summed E-state index contributed by atoms with van der Waals surface area (Å²) in [6, 6.07) is 4.57. The molecule has 3 nitrogen and oxygen atoms in total. The Morgan fingerprint density at radius 3 is 2.61 bits per heavy atom. The van der Waals surface area contributed by atoms with Gasteiger partial charge in [-0.25, -0.2) is 0 Å². The molecule has 0 aliphatic heterocycles. The lowest BCUT2D eigenvalue weighted by molar-refractivity contribution is 0.219. The summed E-state index contributed by atoms with van der Waals surface area (Å²) in [6.07, 6.45) is 8.06. The van der Waals surface area contributed by atoms with Crippen LogP contribution in [0.2, 0.25) is 0 Å². The fraction of sp³-hybridized carbons (Fsp3) is 0.600. The second kappa shape index (κ2) is 7.39. The highest BCUT2D eigenvalue weighted by Crippen LogP contribution is 2.51. The van der Waals surface area contributed by atoms with Crippen LogP contribution in [0.4, 0.5) is 0 Å². The van der Waals surface area contributed by atoms with E-state index in [9.17, 15) is 0 Å². The monoisotopic (exact) mass is 317 g/mol. The van der Waals surface area contributed by atoms with Crippen LogP contribution in [0.1, 0.15) is 44.2 Å². The van der Waals surface area contributed by atoms with E-state index in [4.69, 9.17) is 9.47 Å². The molecule has 3 atom stereocenters. The Labute approximate surface area is 141 Å². The van der Waals surface area contributed by atoms with E-state index >= 15 is 0 Å². The van der Waals surface area contributed by atoms with Gasteiger partial charge in [0.05, 0.1) is 14.2 Å². The van der Waals surface area contributed by atoms with Gasteiger partial charge >= 0.3 is 0 Å². The van der Waals surface area contributed by atoms with Crippen molar-refractivity contribution >= 4 is 0 Å². The molecule has 0 amide bonds. The first-order valence-electron chi connectivity index (χ1n) is 8.61. The second-order valence-electron chi connectivity index (χ2n) is 6.57. The first-order valence-corrected chi connectivity index (χ1v) is 8.61. The molecule has 0 saturated carbocycles. The standard InChI is InChI=1S/C20H31NO2/c1-7-20(13-9-8-10-16(20)15(3)21-4)18-14(2)11-12-17(22-5)19(18)23-6/h8,10-12,15-16,21H,7,9,13H2,1-6H3/t15-,16+,20?/m1/s1. The number of allylic oxidation sites excluding steroid dienone is 1. The number of aryl methyl sites for hydroxylation is 1. The van der Waals surface area contributed by atoms with Crippen LogP contribution in [-0.2, 0) is 5.41 Å². The number of benzene rings is 1. The number of nitrogens with one attached hydrogen (secondary N) is 1. The highest BCUT2D eigenvalue weighted by atomic mass is 16.5. The summed E-state index contributed by atoms with van der Waals surface area (Å²) >= 11 is 0. The third-order valence-corrected chi connectivity index (χ3v) is 5.62. The smallest absolute Gasteiger partial charge is 0.164 e. The Bertz CT molecular complexity index is 567. The fourth-order valence-corrected chi connectivity index (χ4v) is 4.28. The lowest BCUT2D eigenvalue weighted by atomic mass is 9.60. The number of rotatable bonds is 6. The van der Waals surface area contributed by atoms with Crippen LogP contribution in [0.25, 0.3) is 0 Å². The molecule has 0 aromatic heterocycles. The quantitative estimate of drug-likeness (QED) is 0.796.